The molecule has 1 aliphatic rings. The number of thiocarbonyl (C=S) groups is 1. The average Bonchev–Trinajstić information content (AvgIpc) is 2.52. The van der Waals surface area contributed by atoms with Crippen molar-refractivity contribution in [2.45, 2.75) is 24.9 Å². The van der Waals surface area contributed by atoms with E-state index in [-0.39, 0.29) is 18.6 Å². The fourth-order valence-corrected chi connectivity index (χ4v) is 2.99. The van der Waals surface area contributed by atoms with E-state index in [0.29, 0.717) is 11.6 Å². The van der Waals surface area contributed by atoms with Gasteiger partial charge in [0.05, 0.1) is 24.3 Å². The van der Waals surface area contributed by atoms with Crippen molar-refractivity contribution in [2.75, 3.05) is 32.8 Å². The number of rotatable bonds is 7. The molecule has 1 heterocycles. The SMILES string of the molecule is NC(=S)C(CN1CCC(OCCO)CC1)c1ccccc1. The lowest BCUT2D eigenvalue weighted by molar-refractivity contribution is -0.00779. The quantitative estimate of drug-likeness (QED) is 0.748. The summed E-state index contributed by atoms with van der Waals surface area (Å²) in [7, 11) is 0. The average molecular weight is 308 g/mol. The first kappa shape index (κ1) is 16.4. The Hall–Kier alpha value is -1.01. The van der Waals surface area contributed by atoms with Crippen LogP contribution in [0.4, 0.5) is 0 Å². The Morgan fingerprint density at radius 3 is 2.57 bits per heavy atom. The van der Waals surface area contributed by atoms with Crippen molar-refractivity contribution >= 4 is 17.2 Å². The lowest BCUT2D eigenvalue weighted by Crippen LogP contribution is -2.41. The Morgan fingerprint density at radius 1 is 1.33 bits per heavy atom. The summed E-state index contributed by atoms with van der Waals surface area (Å²) < 4.78 is 5.59. The molecule has 0 radical (unpaired) electrons. The molecule has 0 aliphatic carbocycles. The van der Waals surface area contributed by atoms with Crippen molar-refractivity contribution in [1.29, 1.82) is 0 Å². The number of benzene rings is 1. The first-order valence-corrected chi connectivity index (χ1v) is 7.90. The lowest BCUT2D eigenvalue weighted by Gasteiger charge is -2.34. The number of aliphatic hydroxyl groups excluding tert-OH is 1. The zero-order valence-electron chi connectivity index (χ0n) is 12.3. The highest BCUT2D eigenvalue weighted by molar-refractivity contribution is 7.80. The van der Waals surface area contributed by atoms with Crippen LogP contribution in [0.15, 0.2) is 30.3 Å². The van der Waals surface area contributed by atoms with Crippen LogP contribution in [0.5, 0.6) is 0 Å². The van der Waals surface area contributed by atoms with Gasteiger partial charge in [-0.3, -0.25) is 0 Å². The number of piperidine rings is 1. The molecular formula is C16H24N2O2S. The van der Waals surface area contributed by atoms with E-state index < -0.39 is 0 Å². The number of nitrogens with two attached hydrogens (primary N) is 1. The van der Waals surface area contributed by atoms with Crippen LogP contribution in [0, 0.1) is 0 Å². The molecule has 1 saturated heterocycles. The van der Waals surface area contributed by atoms with Crippen molar-refractivity contribution in [2.24, 2.45) is 5.73 Å². The van der Waals surface area contributed by atoms with Gasteiger partial charge in [-0.15, -0.1) is 0 Å². The van der Waals surface area contributed by atoms with Crippen LogP contribution >= 0.6 is 12.2 Å². The molecule has 3 N–H and O–H groups in total. The third-order valence-electron chi connectivity index (χ3n) is 3.97. The predicted molar refractivity (Wildman–Crippen MR) is 88.5 cm³/mol. The van der Waals surface area contributed by atoms with Crippen LogP contribution < -0.4 is 5.73 Å². The number of nitrogens with zero attached hydrogens (tertiary/aromatic N) is 1. The number of hydrogen-bond donors (Lipinski definition) is 2. The highest BCUT2D eigenvalue weighted by atomic mass is 32.1. The Balaban J connectivity index is 1.87. The van der Waals surface area contributed by atoms with Crippen molar-refractivity contribution in [1.82, 2.24) is 4.90 Å². The molecule has 5 heteroatoms. The molecule has 1 unspecified atom stereocenters. The van der Waals surface area contributed by atoms with Crippen LogP contribution in [-0.4, -0.2) is 53.9 Å². The fourth-order valence-electron chi connectivity index (χ4n) is 2.78. The lowest BCUT2D eigenvalue weighted by atomic mass is 9.97. The number of likely N-dealkylation sites (tertiary alicyclic amines) is 1. The van der Waals surface area contributed by atoms with E-state index in [0.717, 1.165) is 32.5 Å². The van der Waals surface area contributed by atoms with Gasteiger partial charge in [0.2, 0.25) is 0 Å². The third kappa shape index (κ3) is 5.04. The van der Waals surface area contributed by atoms with Gasteiger partial charge in [0, 0.05) is 25.6 Å². The minimum Gasteiger partial charge on any atom is -0.394 e. The van der Waals surface area contributed by atoms with E-state index in [1.807, 2.05) is 18.2 Å². The predicted octanol–water partition coefficient (Wildman–Crippen LogP) is 1.53. The summed E-state index contributed by atoms with van der Waals surface area (Å²) in [5.74, 6) is 0.108. The van der Waals surface area contributed by atoms with Gasteiger partial charge in [-0.05, 0) is 18.4 Å². The largest absolute Gasteiger partial charge is 0.394 e. The molecule has 0 aromatic heterocycles. The number of aliphatic hydroxyl groups is 1. The van der Waals surface area contributed by atoms with Crippen LogP contribution in [0.3, 0.4) is 0 Å². The Morgan fingerprint density at radius 2 is 2.00 bits per heavy atom. The van der Waals surface area contributed by atoms with Gasteiger partial charge in [-0.25, -0.2) is 0 Å². The highest BCUT2D eigenvalue weighted by Crippen LogP contribution is 2.21. The van der Waals surface area contributed by atoms with E-state index >= 15 is 0 Å². The first-order valence-electron chi connectivity index (χ1n) is 7.49. The van der Waals surface area contributed by atoms with E-state index in [1.54, 1.807) is 0 Å². The standard InChI is InChI=1S/C16H24N2O2S/c17-16(21)15(13-4-2-1-3-5-13)12-18-8-6-14(7-9-18)20-11-10-19/h1-5,14-15,19H,6-12H2,(H2,17,21). The molecule has 1 atom stereocenters. The molecule has 116 valence electrons. The van der Waals surface area contributed by atoms with Gasteiger partial charge in [0.15, 0.2) is 0 Å². The van der Waals surface area contributed by atoms with Gasteiger partial charge in [0.1, 0.15) is 0 Å². The third-order valence-corrected chi connectivity index (χ3v) is 4.25. The monoisotopic (exact) mass is 308 g/mol. The molecule has 21 heavy (non-hydrogen) atoms. The van der Waals surface area contributed by atoms with Gasteiger partial charge in [0.25, 0.3) is 0 Å². The van der Waals surface area contributed by atoms with Crippen molar-refractivity contribution in [3.05, 3.63) is 35.9 Å². The Bertz CT molecular complexity index is 433. The summed E-state index contributed by atoms with van der Waals surface area (Å²) in [6.45, 7) is 3.37. The van der Waals surface area contributed by atoms with Crippen molar-refractivity contribution in [3.8, 4) is 0 Å². The molecule has 0 spiro atoms. The maximum Gasteiger partial charge on any atom is 0.0816 e. The fraction of sp³-hybridized carbons (Fsp3) is 0.562. The van der Waals surface area contributed by atoms with Crippen LogP contribution in [0.1, 0.15) is 24.3 Å². The van der Waals surface area contributed by atoms with Gasteiger partial charge < -0.3 is 20.5 Å². The molecule has 0 amide bonds. The minimum absolute atomic E-state index is 0.0950. The van der Waals surface area contributed by atoms with Crippen LogP contribution in [-0.2, 0) is 4.74 Å². The second-order valence-corrected chi connectivity index (χ2v) is 5.93. The summed E-state index contributed by atoms with van der Waals surface area (Å²) in [5.41, 5.74) is 7.12. The summed E-state index contributed by atoms with van der Waals surface area (Å²) >= 11 is 5.25. The molecule has 1 aliphatic heterocycles. The molecule has 1 aromatic rings. The maximum absolute atomic E-state index is 8.79. The molecule has 0 bridgehead atoms. The molecule has 2 rings (SSSR count). The van der Waals surface area contributed by atoms with Crippen LogP contribution in [0.25, 0.3) is 0 Å². The second kappa shape index (κ2) is 8.44. The van der Waals surface area contributed by atoms with Crippen molar-refractivity contribution < 1.29 is 9.84 Å². The molecule has 4 nitrogen and oxygen atoms in total. The summed E-state index contributed by atoms with van der Waals surface area (Å²) in [6, 6.07) is 10.2. The van der Waals surface area contributed by atoms with Gasteiger partial charge >= 0.3 is 0 Å². The summed E-state index contributed by atoms with van der Waals surface area (Å²) in [6.07, 6.45) is 2.27. The van der Waals surface area contributed by atoms with E-state index in [4.69, 9.17) is 27.8 Å². The maximum atomic E-state index is 8.79. The van der Waals surface area contributed by atoms with E-state index in [9.17, 15) is 0 Å². The number of hydrogen-bond acceptors (Lipinski definition) is 4. The minimum atomic E-state index is 0.0950. The summed E-state index contributed by atoms with van der Waals surface area (Å²) in [5, 5.41) is 8.79. The highest BCUT2D eigenvalue weighted by Gasteiger charge is 2.23. The normalized spacial score (nSPS) is 18.5. The molecule has 1 aromatic carbocycles. The summed E-state index contributed by atoms with van der Waals surface area (Å²) in [4.78, 5) is 2.95. The smallest absolute Gasteiger partial charge is 0.0816 e. The Kier molecular flexibility index (Phi) is 6.57. The number of ether oxygens (including phenoxy) is 1. The molecular weight excluding hydrogens is 284 g/mol. The van der Waals surface area contributed by atoms with E-state index in [1.165, 1.54) is 5.56 Å². The topological polar surface area (TPSA) is 58.7 Å². The second-order valence-electron chi connectivity index (χ2n) is 5.46. The van der Waals surface area contributed by atoms with Gasteiger partial charge in [-0.2, -0.15) is 0 Å². The van der Waals surface area contributed by atoms with Gasteiger partial charge in [-0.1, -0.05) is 42.5 Å². The van der Waals surface area contributed by atoms with Crippen LogP contribution in [0.2, 0.25) is 0 Å². The zero-order valence-corrected chi connectivity index (χ0v) is 13.1. The zero-order chi connectivity index (χ0) is 15.1. The first-order chi connectivity index (χ1) is 10.2. The van der Waals surface area contributed by atoms with E-state index in [2.05, 4.69) is 17.0 Å². The Labute approximate surface area is 131 Å². The molecule has 0 saturated carbocycles. The van der Waals surface area contributed by atoms with Crippen molar-refractivity contribution in [3.63, 3.8) is 0 Å². The molecule has 1 fully saturated rings.